The van der Waals surface area contributed by atoms with Crippen molar-refractivity contribution >= 4 is 0 Å². The van der Waals surface area contributed by atoms with E-state index < -0.39 is 0 Å². The van der Waals surface area contributed by atoms with Gasteiger partial charge >= 0.3 is 0 Å². The van der Waals surface area contributed by atoms with Crippen LogP contribution in [-0.4, -0.2) is 0 Å². The lowest BCUT2D eigenvalue weighted by atomic mass is 9.85. The molecular formula is C13H25N. The molecule has 0 aliphatic carbocycles. The van der Waals surface area contributed by atoms with Crippen LogP contribution < -0.4 is 5.73 Å². The van der Waals surface area contributed by atoms with Gasteiger partial charge in [-0.3, -0.25) is 0 Å². The van der Waals surface area contributed by atoms with Gasteiger partial charge in [-0.25, -0.2) is 0 Å². The third kappa shape index (κ3) is 5.85. The van der Waals surface area contributed by atoms with E-state index in [1.165, 1.54) is 12.0 Å². The normalized spacial score (nSPS) is 14.6. The second-order valence-corrected chi connectivity index (χ2v) is 4.70. The molecule has 82 valence electrons. The monoisotopic (exact) mass is 195 g/mol. The first kappa shape index (κ1) is 13.3. The van der Waals surface area contributed by atoms with Crippen molar-refractivity contribution in [3.63, 3.8) is 0 Å². The highest BCUT2D eigenvalue weighted by Crippen LogP contribution is 2.27. The maximum atomic E-state index is 5.84. The molecule has 14 heavy (non-hydrogen) atoms. The molecule has 0 aromatic heterocycles. The number of hydrogen-bond donors (Lipinski definition) is 1. The second kappa shape index (κ2) is 5.90. The van der Waals surface area contributed by atoms with Crippen LogP contribution in [0.25, 0.3) is 0 Å². The van der Waals surface area contributed by atoms with Crippen LogP contribution in [0, 0.1) is 5.41 Å². The third-order valence-corrected chi connectivity index (χ3v) is 2.64. The molecule has 2 N–H and O–H groups in total. The molecule has 0 atom stereocenters. The molecule has 0 saturated heterocycles. The topological polar surface area (TPSA) is 26.0 Å². The highest BCUT2D eigenvalue weighted by Gasteiger charge is 2.14. The highest BCUT2D eigenvalue weighted by molar-refractivity contribution is 5.05. The van der Waals surface area contributed by atoms with Crippen molar-refractivity contribution in [2.75, 3.05) is 0 Å². The molecule has 0 fully saturated rings. The van der Waals surface area contributed by atoms with Gasteiger partial charge in [0.25, 0.3) is 0 Å². The van der Waals surface area contributed by atoms with Crippen LogP contribution in [0.15, 0.2) is 23.4 Å². The molecule has 0 bridgehead atoms. The quantitative estimate of drug-likeness (QED) is 0.659. The largest absolute Gasteiger partial charge is 0.402 e. The Hall–Kier alpha value is -0.720. The molecule has 0 aromatic rings. The summed E-state index contributed by atoms with van der Waals surface area (Å²) in [6.07, 6.45) is 7.67. The Morgan fingerprint density at radius 2 is 1.93 bits per heavy atom. The van der Waals surface area contributed by atoms with E-state index in [0.29, 0.717) is 0 Å². The summed E-state index contributed by atoms with van der Waals surface area (Å²) in [5, 5.41) is 0. The summed E-state index contributed by atoms with van der Waals surface area (Å²) >= 11 is 0. The molecule has 0 aliphatic rings. The Morgan fingerprint density at radius 1 is 1.36 bits per heavy atom. The van der Waals surface area contributed by atoms with Crippen LogP contribution in [0.5, 0.6) is 0 Å². The molecule has 0 aliphatic heterocycles. The molecule has 0 heterocycles. The average Bonchev–Trinajstić information content (AvgIpc) is 2.13. The van der Waals surface area contributed by atoms with Crippen LogP contribution >= 0.6 is 0 Å². The zero-order valence-electron chi connectivity index (χ0n) is 10.4. The van der Waals surface area contributed by atoms with Crippen LogP contribution in [0.3, 0.4) is 0 Å². The molecular weight excluding hydrogens is 170 g/mol. The minimum Gasteiger partial charge on any atom is -0.402 e. The molecule has 0 rings (SSSR count). The molecule has 1 nitrogen and oxygen atoms in total. The lowest BCUT2D eigenvalue weighted by Crippen LogP contribution is -2.11. The van der Waals surface area contributed by atoms with Crippen LogP contribution in [0.1, 0.15) is 53.9 Å². The smallest absolute Gasteiger partial charge is 0.00426 e. The van der Waals surface area contributed by atoms with E-state index in [2.05, 4.69) is 46.8 Å². The fraction of sp³-hybridized carbons (Fsp3) is 0.692. The van der Waals surface area contributed by atoms with Crippen LogP contribution in [-0.2, 0) is 0 Å². The summed E-state index contributed by atoms with van der Waals surface area (Å²) in [7, 11) is 0. The van der Waals surface area contributed by atoms with Crippen molar-refractivity contribution < 1.29 is 0 Å². The number of allylic oxidation sites excluding steroid dienone is 4. The zero-order valence-corrected chi connectivity index (χ0v) is 10.4. The zero-order chi connectivity index (χ0) is 11.2. The number of hydrogen-bond acceptors (Lipinski definition) is 1. The van der Waals surface area contributed by atoms with Gasteiger partial charge in [0.2, 0.25) is 0 Å². The third-order valence-electron chi connectivity index (χ3n) is 2.64. The summed E-state index contributed by atoms with van der Waals surface area (Å²) in [6, 6.07) is 0. The van der Waals surface area contributed by atoms with E-state index in [4.69, 9.17) is 5.73 Å². The Kier molecular flexibility index (Phi) is 5.59. The van der Waals surface area contributed by atoms with Crippen molar-refractivity contribution in [3.8, 4) is 0 Å². The van der Waals surface area contributed by atoms with E-state index in [0.717, 1.165) is 18.5 Å². The van der Waals surface area contributed by atoms with E-state index in [-0.39, 0.29) is 5.41 Å². The summed E-state index contributed by atoms with van der Waals surface area (Å²) in [4.78, 5) is 0. The van der Waals surface area contributed by atoms with Gasteiger partial charge in [0.05, 0.1) is 0 Å². The molecule has 1 heteroatoms. The van der Waals surface area contributed by atoms with Crippen molar-refractivity contribution in [3.05, 3.63) is 23.4 Å². The SMILES string of the molecule is C/C=C(/C)CCC(C)(C)/C=C(/N)CC. The Bertz CT molecular complexity index is 221. The number of rotatable bonds is 5. The molecule has 0 unspecified atom stereocenters. The highest BCUT2D eigenvalue weighted by atomic mass is 14.6. The van der Waals surface area contributed by atoms with Gasteiger partial charge in [0, 0.05) is 5.70 Å². The summed E-state index contributed by atoms with van der Waals surface area (Å²) in [6.45, 7) is 10.9. The van der Waals surface area contributed by atoms with Crippen molar-refractivity contribution in [2.45, 2.75) is 53.9 Å². The van der Waals surface area contributed by atoms with Crippen LogP contribution in [0.2, 0.25) is 0 Å². The minimum absolute atomic E-state index is 0.227. The predicted molar refractivity (Wildman–Crippen MR) is 65.0 cm³/mol. The Balaban J connectivity index is 4.21. The van der Waals surface area contributed by atoms with Gasteiger partial charge in [-0.1, -0.05) is 38.5 Å². The summed E-state index contributed by atoms with van der Waals surface area (Å²) < 4.78 is 0. The Morgan fingerprint density at radius 3 is 2.36 bits per heavy atom. The molecule has 0 saturated carbocycles. The molecule has 0 spiro atoms. The van der Waals surface area contributed by atoms with Gasteiger partial charge in [-0.15, -0.1) is 0 Å². The van der Waals surface area contributed by atoms with Crippen molar-refractivity contribution in [2.24, 2.45) is 11.1 Å². The lowest BCUT2D eigenvalue weighted by molar-refractivity contribution is 0.433. The summed E-state index contributed by atoms with van der Waals surface area (Å²) in [5.41, 5.74) is 8.54. The van der Waals surface area contributed by atoms with E-state index >= 15 is 0 Å². The molecule has 0 amide bonds. The first-order valence-corrected chi connectivity index (χ1v) is 5.50. The van der Waals surface area contributed by atoms with Gasteiger partial charge in [0.15, 0.2) is 0 Å². The van der Waals surface area contributed by atoms with Gasteiger partial charge < -0.3 is 5.73 Å². The first-order valence-electron chi connectivity index (χ1n) is 5.50. The fourth-order valence-electron chi connectivity index (χ4n) is 1.34. The van der Waals surface area contributed by atoms with Crippen molar-refractivity contribution in [1.29, 1.82) is 0 Å². The second-order valence-electron chi connectivity index (χ2n) is 4.70. The fourth-order valence-corrected chi connectivity index (χ4v) is 1.34. The maximum absolute atomic E-state index is 5.84. The van der Waals surface area contributed by atoms with Gasteiger partial charge in [0.1, 0.15) is 0 Å². The average molecular weight is 195 g/mol. The van der Waals surface area contributed by atoms with E-state index in [1.807, 2.05) is 0 Å². The van der Waals surface area contributed by atoms with Crippen molar-refractivity contribution in [1.82, 2.24) is 0 Å². The first-order chi connectivity index (χ1) is 6.41. The predicted octanol–water partition coefficient (Wildman–Crippen LogP) is 4.01. The van der Waals surface area contributed by atoms with Gasteiger partial charge in [-0.05, 0) is 38.5 Å². The van der Waals surface area contributed by atoms with Gasteiger partial charge in [-0.2, -0.15) is 0 Å². The van der Waals surface area contributed by atoms with Crippen LogP contribution in [0.4, 0.5) is 0 Å². The Labute approximate surface area is 89.1 Å². The lowest BCUT2D eigenvalue weighted by Gasteiger charge is -2.21. The van der Waals surface area contributed by atoms with E-state index in [1.54, 1.807) is 0 Å². The maximum Gasteiger partial charge on any atom is 0.00426 e. The minimum atomic E-state index is 0.227. The number of nitrogens with two attached hydrogens (primary N) is 1. The molecule has 0 radical (unpaired) electrons. The van der Waals surface area contributed by atoms with E-state index in [9.17, 15) is 0 Å². The standard InChI is InChI=1S/C13H25N/c1-6-11(3)8-9-13(4,5)10-12(14)7-2/h6,10H,7-9,14H2,1-5H3/b11-6-,12-10+. The molecule has 0 aromatic carbocycles. The summed E-state index contributed by atoms with van der Waals surface area (Å²) in [5.74, 6) is 0.